The van der Waals surface area contributed by atoms with E-state index in [2.05, 4.69) is 112 Å². The molecule has 32 nitrogen and oxygen atoms in total. The number of pyridine rings is 3. The molecule has 12 aromatic rings. The minimum atomic E-state index is -0.882. The zero-order valence-corrected chi connectivity index (χ0v) is 70.4. The van der Waals surface area contributed by atoms with Crippen molar-refractivity contribution in [2.24, 2.45) is 7.05 Å². The third-order valence-electron chi connectivity index (χ3n) is 18.6. The summed E-state index contributed by atoms with van der Waals surface area (Å²) in [6, 6.07) is 24.2. The molecule has 0 saturated carbocycles. The molecule has 12 rings (SSSR count). The summed E-state index contributed by atoms with van der Waals surface area (Å²) in [7, 11) is 23.8. The number of nitrogens with two attached hydrogens (primary N) is 1. The summed E-state index contributed by atoms with van der Waals surface area (Å²) in [5, 5.41) is 22.1. The number of nitrogens with zero attached hydrogens (tertiary/aromatic N) is 15. The Morgan fingerprint density at radius 3 is 1.17 bits per heavy atom. The van der Waals surface area contributed by atoms with Gasteiger partial charge in [-0.15, -0.1) is 0 Å². The van der Waals surface area contributed by atoms with Crippen LogP contribution in [0.4, 0.5) is 113 Å². The number of hydrogen-bond donors (Lipinski definition) is 8. The molecule has 0 bridgehead atoms. The summed E-state index contributed by atoms with van der Waals surface area (Å²) < 4.78 is 111. The Bertz CT molecular complexity index is 5810. The fourth-order valence-electron chi connectivity index (χ4n) is 11.9. The van der Waals surface area contributed by atoms with Crippen molar-refractivity contribution in [1.29, 1.82) is 0 Å². The lowest BCUT2D eigenvalue weighted by atomic mass is 10.2. The summed E-state index contributed by atoms with van der Waals surface area (Å²) in [5.74, 6) is -3.82. The van der Waals surface area contributed by atoms with Crippen molar-refractivity contribution in [2.45, 2.75) is 6.92 Å². The van der Waals surface area contributed by atoms with E-state index < -0.39 is 40.5 Å². The van der Waals surface area contributed by atoms with Crippen LogP contribution in [0.2, 0.25) is 0 Å². The van der Waals surface area contributed by atoms with Gasteiger partial charge in [0.05, 0.1) is 83.9 Å². The van der Waals surface area contributed by atoms with Gasteiger partial charge in [0.25, 0.3) is 5.56 Å². The van der Waals surface area contributed by atoms with Crippen LogP contribution in [0.15, 0.2) is 171 Å². The van der Waals surface area contributed by atoms with Gasteiger partial charge in [0, 0.05) is 139 Å². The minimum Gasteiger partial charge on any atom is -0.494 e. The third kappa shape index (κ3) is 23.6. The first kappa shape index (κ1) is 91.4. The number of ether oxygens (including phenoxy) is 5. The maximum absolute atomic E-state index is 14.2. The highest BCUT2D eigenvalue weighted by Gasteiger charge is 2.24. The molecule has 0 aliphatic heterocycles. The molecule has 6 heterocycles. The van der Waals surface area contributed by atoms with Gasteiger partial charge in [-0.3, -0.25) is 23.7 Å². The Morgan fingerprint density at radius 2 is 0.782 bits per heavy atom. The van der Waals surface area contributed by atoms with E-state index in [1.165, 1.54) is 80.7 Å². The molecule has 3 amide bonds. The lowest BCUT2D eigenvalue weighted by molar-refractivity contribution is -0.112. The normalized spacial score (nSPS) is 10.9. The molecule has 0 unspecified atom stereocenters. The number of fused-ring (bicyclic) bond motifs is 3. The Morgan fingerprint density at radius 1 is 0.411 bits per heavy atom. The van der Waals surface area contributed by atoms with Crippen LogP contribution < -0.4 is 86.9 Å². The number of carbonyl (C=O) groups excluding carboxylic acids is 3. The minimum absolute atomic E-state index is 0.0469. The van der Waals surface area contributed by atoms with E-state index >= 15 is 0 Å². The molecule has 0 atom stereocenters. The van der Waals surface area contributed by atoms with Crippen LogP contribution in [0, 0.1) is 41.8 Å². The molecule has 6 aromatic carbocycles. The number of anilines is 15. The van der Waals surface area contributed by atoms with Gasteiger partial charge in [0.15, 0.2) is 46.0 Å². The molecule has 0 radical (unpaired) electrons. The molecule has 0 spiro atoms. The monoisotopic (exact) mass is 1710 g/mol. The predicted octanol–water partition coefficient (Wildman–Crippen LogP) is 14.1. The number of aromatic nitrogens is 9. The average Bonchev–Trinajstić information content (AvgIpc) is 0.781. The molecule has 0 saturated heterocycles. The Hall–Kier alpha value is -14.9. The smallest absolute Gasteiger partial charge is 0.275 e. The maximum atomic E-state index is 14.2. The highest BCUT2D eigenvalue weighted by Crippen LogP contribution is 2.43. The summed E-state index contributed by atoms with van der Waals surface area (Å²) >= 11 is 0. The number of methoxy groups -OCH3 is 3. The topological polar surface area (TPSA) is 352 Å². The maximum Gasteiger partial charge on any atom is 0.275 e. The van der Waals surface area contributed by atoms with Crippen LogP contribution in [-0.2, 0) is 21.4 Å². The SMILES string of the molecule is C=CC(=O)Nc1cc(Nc2ncc3cc(Nc4ccc(F)cc4F)c(=O)n(C)c3n2)c(OC)cc1N(C)CCN(C)C.C=CC(=O)Nc1cc(Nc2ncc3cc(Oc4ccc(F)cc4F)c(C)nc3n2)c(OC)cc1N(C)CCN(C)C.C=CC(=O)Nc1cc(Nc2ncc3cc(Oc4ccc(F)cc4F)c(N)nc3n2)c(OC)cc1N(C)CCN(C)C. The zero-order chi connectivity index (χ0) is 89.9. The number of aryl methyl sites for hydroxylation is 2. The quantitative estimate of drug-likeness (QED) is 0.0140. The highest BCUT2D eigenvalue weighted by molar-refractivity contribution is 6.04. The lowest BCUT2D eigenvalue weighted by Gasteiger charge is -2.26. The number of amides is 3. The summed E-state index contributed by atoms with van der Waals surface area (Å²) in [5.41, 5.74) is 12.2. The fourth-order valence-corrected chi connectivity index (χ4v) is 11.9. The number of halogens is 6. The van der Waals surface area contributed by atoms with Gasteiger partial charge in [0.1, 0.15) is 57.6 Å². The van der Waals surface area contributed by atoms with Crippen LogP contribution in [0.3, 0.4) is 0 Å². The van der Waals surface area contributed by atoms with Crippen LogP contribution in [0.1, 0.15) is 5.69 Å². The van der Waals surface area contributed by atoms with Crippen molar-refractivity contribution in [3.05, 3.63) is 217 Å². The van der Waals surface area contributed by atoms with Crippen LogP contribution in [0.5, 0.6) is 40.2 Å². The molecule has 38 heteroatoms. The van der Waals surface area contributed by atoms with Gasteiger partial charge in [-0.2, -0.15) is 15.0 Å². The van der Waals surface area contributed by atoms with E-state index in [0.29, 0.717) is 110 Å². The second-order valence-electron chi connectivity index (χ2n) is 28.5. The number of carbonyl (C=O) groups is 3. The van der Waals surface area contributed by atoms with E-state index in [4.69, 9.17) is 29.4 Å². The van der Waals surface area contributed by atoms with Gasteiger partial charge in [-0.25, -0.2) is 51.3 Å². The van der Waals surface area contributed by atoms with E-state index in [-0.39, 0.29) is 81.4 Å². The van der Waals surface area contributed by atoms with E-state index in [1.807, 2.05) is 84.2 Å². The van der Waals surface area contributed by atoms with Crippen molar-refractivity contribution in [1.82, 2.24) is 59.1 Å². The molecular weight excluding hydrogens is 1610 g/mol. The molecule has 124 heavy (non-hydrogen) atoms. The van der Waals surface area contributed by atoms with Gasteiger partial charge in [-0.05, 0) is 140 Å². The first-order valence-electron chi connectivity index (χ1n) is 37.9. The molecule has 0 aliphatic carbocycles. The first-order valence-corrected chi connectivity index (χ1v) is 37.9. The summed E-state index contributed by atoms with van der Waals surface area (Å²) in [4.78, 5) is 97.2. The molecule has 9 N–H and O–H groups in total. The average molecular weight is 1710 g/mol. The van der Waals surface area contributed by atoms with Gasteiger partial charge >= 0.3 is 0 Å². The van der Waals surface area contributed by atoms with Crippen LogP contribution in [0.25, 0.3) is 33.1 Å². The van der Waals surface area contributed by atoms with E-state index in [0.717, 1.165) is 73.1 Å². The van der Waals surface area contributed by atoms with Crippen LogP contribution >= 0.6 is 0 Å². The third-order valence-corrected chi connectivity index (χ3v) is 18.6. The molecular formula is C86H93F6N23O9. The van der Waals surface area contributed by atoms with Gasteiger partial charge in [-0.1, -0.05) is 19.7 Å². The number of nitrogens with one attached hydrogen (secondary N) is 7. The predicted molar refractivity (Wildman–Crippen MR) is 472 cm³/mol. The van der Waals surface area contributed by atoms with Crippen molar-refractivity contribution < 1.29 is 64.4 Å². The second-order valence-corrected chi connectivity index (χ2v) is 28.5. The Kier molecular flexibility index (Phi) is 30.5. The van der Waals surface area contributed by atoms with Crippen molar-refractivity contribution in [2.75, 3.05) is 182 Å². The van der Waals surface area contributed by atoms with Gasteiger partial charge < -0.3 is 96.0 Å². The Labute approximate surface area is 710 Å². The summed E-state index contributed by atoms with van der Waals surface area (Å²) in [6.45, 7) is 16.8. The Balaban J connectivity index is 0.000000195. The van der Waals surface area contributed by atoms with Crippen LogP contribution in [-0.4, -0.2) is 201 Å². The number of rotatable bonds is 33. The van der Waals surface area contributed by atoms with E-state index in [1.54, 1.807) is 56.6 Å². The number of nitrogen functional groups attached to an aromatic ring is 1. The van der Waals surface area contributed by atoms with E-state index in [9.17, 15) is 45.5 Å². The first-order chi connectivity index (χ1) is 59.1. The molecule has 648 valence electrons. The van der Waals surface area contributed by atoms with Crippen molar-refractivity contribution >= 4 is 137 Å². The second kappa shape index (κ2) is 41.4. The zero-order valence-electron chi connectivity index (χ0n) is 70.4. The summed E-state index contributed by atoms with van der Waals surface area (Å²) in [6.07, 6.45) is 8.10. The highest BCUT2D eigenvalue weighted by atomic mass is 19.2. The number of likely N-dealkylation sites (N-methyl/N-ethyl adjacent to an activating group) is 6. The molecule has 0 fully saturated rings. The largest absolute Gasteiger partial charge is 0.494 e. The fraction of sp³-hybridized carbons (Fsp3) is 0.233. The number of hydrogen-bond acceptors (Lipinski definition) is 28. The lowest BCUT2D eigenvalue weighted by Crippen LogP contribution is -2.29. The standard InChI is InChI=1S/C29H32F2N8O3.C29H31F2N7O3.C28H30F2N8O3/c1-7-26(40)34-21-14-22(25(42-6)15-24(21)38(4)11-10-37(2)3)35-29-32-16-17-12-23(28(41)39(5)27(17)36-29)33-20-9-8-18(30)13-19(20)31;1-7-27(39)34-21-14-22(26(40-6)15-23(21)38(5)11-10-37(3)4)35-29-32-16-18-12-25(17(2)33-28(18)36-29)41-24-9-8-19(30)13-20(24)31;1-6-25(39)33-19-13-20(23(40-5)14-21(19)38(4)10-9-37(2)3)34-28-32-15-16-11-24(26(31)35-27(16)36-28)41-22-8-7-17(29)12-18(22)30/h7-9,12-16,33H,1,10-11H2,2-6H3,(H,34,40)(H,32,35,36);7-9,12-16H,1,10-11H2,2-6H3,(H,34,39)(H,32,33,35,36);6-8,11-15H,1,9-10H2,2-5H3,(H,33,39)(H3,31,32,34,35,36). The molecule has 6 aromatic heterocycles. The van der Waals surface area contributed by atoms with Crippen molar-refractivity contribution in [3.8, 4) is 40.2 Å². The van der Waals surface area contributed by atoms with Crippen molar-refractivity contribution in [3.63, 3.8) is 0 Å². The molecule has 0 aliphatic rings. The van der Waals surface area contributed by atoms with Gasteiger partial charge in [0.2, 0.25) is 35.6 Å². The number of benzene rings is 6.